The zero-order chi connectivity index (χ0) is 11.5. The zero-order valence-corrected chi connectivity index (χ0v) is 11.4. The summed E-state index contributed by atoms with van der Waals surface area (Å²) in [6.07, 6.45) is 4.32. The first-order chi connectivity index (χ1) is 6.65. The Balaban J connectivity index is 1.98. The quantitative estimate of drug-likeness (QED) is 0.588. The second-order valence-corrected chi connectivity index (χ2v) is 7.77. The van der Waals surface area contributed by atoms with E-state index in [1.807, 2.05) is 0 Å². The Morgan fingerprint density at radius 2 is 1.53 bits per heavy atom. The number of hydrogen-bond donors (Lipinski definition) is 0. The van der Waals surface area contributed by atoms with Crippen LogP contribution in [0.1, 0.15) is 60.8 Å². The van der Waals surface area contributed by atoms with Gasteiger partial charge in [-0.2, -0.15) is 0 Å². The fourth-order valence-electron chi connectivity index (χ4n) is 3.48. The van der Waals surface area contributed by atoms with Gasteiger partial charge in [0.15, 0.2) is 0 Å². The van der Waals surface area contributed by atoms with Crippen molar-refractivity contribution in [2.45, 2.75) is 71.9 Å². The summed E-state index contributed by atoms with van der Waals surface area (Å²) in [4.78, 5) is 2.74. The van der Waals surface area contributed by atoms with E-state index < -0.39 is 0 Å². The summed E-state index contributed by atoms with van der Waals surface area (Å²) in [5, 5.41) is 0. The lowest BCUT2D eigenvalue weighted by Gasteiger charge is -2.68. The van der Waals surface area contributed by atoms with Crippen molar-refractivity contribution in [3.05, 3.63) is 0 Å². The van der Waals surface area contributed by atoms with E-state index >= 15 is 0 Å². The van der Waals surface area contributed by atoms with Crippen LogP contribution in [-0.4, -0.2) is 22.5 Å². The SMILES string of the molecule is CC(C)(C)C1CC2(CCN2C(C)(C)C)C1. The molecular formula is C14H27N. The fourth-order valence-corrected chi connectivity index (χ4v) is 3.48. The standard InChI is InChI=1S/C14H27N/c1-12(2,3)11-9-14(10-11)7-8-15(14)13(4,5)6/h11H,7-10H2,1-6H3. The molecule has 1 saturated carbocycles. The maximum absolute atomic E-state index is 2.74. The molecule has 0 radical (unpaired) electrons. The van der Waals surface area contributed by atoms with E-state index in [1.54, 1.807) is 0 Å². The first-order valence-electron chi connectivity index (χ1n) is 6.43. The molecule has 1 heterocycles. The smallest absolute Gasteiger partial charge is 0.0232 e. The van der Waals surface area contributed by atoms with Crippen LogP contribution in [0.2, 0.25) is 0 Å². The third kappa shape index (κ3) is 1.73. The number of hydrogen-bond acceptors (Lipinski definition) is 1. The molecule has 1 spiro atoms. The number of likely N-dealkylation sites (tertiary alicyclic amines) is 1. The summed E-state index contributed by atoms with van der Waals surface area (Å²) >= 11 is 0. The largest absolute Gasteiger partial charge is 0.293 e. The van der Waals surface area contributed by atoms with Crippen molar-refractivity contribution in [3.63, 3.8) is 0 Å². The minimum absolute atomic E-state index is 0.376. The first kappa shape index (κ1) is 11.4. The van der Waals surface area contributed by atoms with Crippen molar-refractivity contribution in [1.82, 2.24) is 4.90 Å². The molecule has 1 saturated heterocycles. The maximum atomic E-state index is 2.74. The van der Waals surface area contributed by atoms with Crippen molar-refractivity contribution in [2.75, 3.05) is 6.54 Å². The predicted octanol–water partition coefficient (Wildman–Crippen LogP) is 3.69. The van der Waals surface area contributed by atoms with Crippen molar-refractivity contribution in [3.8, 4) is 0 Å². The molecule has 0 aromatic heterocycles. The van der Waals surface area contributed by atoms with Crippen LogP contribution in [-0.2, 0) is 0 Å². The maximum Gasteiger partial charge on any atom is 0.0232 e. The third-order valence-corrected chi connectivity index (χ3v) is 4.66. The Hall–Kier alpha value is -0.0400. The monoisotopic (exact) mass is 209 g/mol. The molecule has 2 fully saturated rings. The summed E-state index contributed by atoms with van der Waals surface area (Å²) in [5.41, 5.74) is 1.50. The fraction of sp³-hybridized carbons (Fsp3) is 1.00. The van der Waals surface area contributed by atoms with Gasteiger partial charge in [0.2, 0.25) is 0 Å². The normalized spacial score (nSPS) is 37.6. The van der Waals surface area contributed by atoms with E-state index in [0.717, 1.165) is 5.92 Å². The molecule has 1 aliphatic heterocycles. The van der Waals surface area contributed by atoms with Crippen LogP contribution < -0.4 is 0 Å². The van der Waals surface area contributed by atoms with Crippen LogP contribution in [0.25, 0.3) is 0 Å². The van der Waals surface area contributed by atoms with Gasteiger partial charge >= 0.3 is 0 Å². The van der Waals surface area contributed by atoms with Gasteiger partial charge in [-0.15, -0.1) is 0 Å². The lowest BCUT2D eigenvalue weighted by atomic mass is 9.54. The Labute approximate surface area is 95.2 Å². The van der Waals surface area contributed by atoms with Crippen LogP contribution in [0.4, 0.5) is 0 Å². The summed E-state index contributed by atoms with van der Waals surface area (Å²) < 4.78 is 0. The van der Waals surface area contributed by atoms with Crippen molar-refractivity contribution in [1.29, 1.82) is 0 Å². The molecule has 1 nitrogen and oxygen atoms in total. The molecule has 0 amide bonds. The molecule has 0 atom stereocenters. The van der Waals surface area contributed by atoms with Gasteiger partial charge in [0.25, 0.3) is 0 Å². The zero-order valence-electron chi connectivity index (χ0n) is 11.4. The average molecular weight is 209 g/mol. The summed E-state index contributed by atoms with van der Waals surface area (Å²) in [5.74, 6) is 0.947. The van der Waals surface area contributed by atoms with Crippen molar-refractivity contribution in [2.24, 2.45) is 11.3 Å². The van der Waals surface area contributed by atoms with E-state index in [4.69, 9.17) is 0 Å². The Bertz CT molecular complexity index is 247. The minimum atomic E-state index is 0.376. The van der Waals surface area contributed by atoms with Gasteiger partial charge in [-0.1, -0.05) is 20.8 Å². The van der Waals surface area contributed by atoms with Gasteiger partial charge in [-0.05, 0) is 51.4 Å². The van der Waals surface area contributed by atoms with Gasteiger partial charge < -0.3 is 0 Å². The summed E-state index contributed by atoms with van der Waals surface area (Å²) in [6, 6.07) is 0. The molecule has 0 aromatic carbocycles. The first-order valence-corrected chi connectivity index (χ1v) is 6.43. The lowest BCUT2D eigenvalue weighted by molar-refractivity contribution is -0.168. The van der Waals surface area contributed by atoms with Crippen LogP contribution in [0, 0.1) is 11.3 Å². The molecule has 1 heteroatoms. The minimum Gasteiger partial charge on any atom is -0.293 e. The topological polar surface area (TPSA) is 3.24 Å². The van der Waals surface area contributed by atoms with E-state index in [-0.39, 0.29) is 0 Å². The Morgan fingerprint density at radius 1 is 1.00 bits per heavy atom. The Kier molecular flexibility index (Phi) is 2.29. The molecule has 0 unspecified atom stereocenters. The second kappa shape index (κ2) is 3.00. The highest BCUT2D eigenvalue weighted by Crippen LogP contribution is 2.57. The second-order valence-electron chi connectivity index (χ2n) is 7.77. The van der Waals surface area contributed by atoms with Gasteiger partial charge in [0.1, 0.15) is 0 Å². The van der Waals surface area contributed by atoms with E-state index in [0.29, 0.717) is 16.5 Å². The van der Waals surface area contributed by atoms with Crippen molar-refractivity contribution >= 4 is 0 Å². The van der Waals surface area contributed by atoms with Gasteiger partial charge in [-0.25, -0.2) is 0 Å². The highest BCUT2D eigenvalue weighted by atomic mass is 15.3. The van der Waals surface area contributed by atoms with Crippen LogP contribution in [0.15, 0.2) is 0 Å². The molecule has 0 N–H and O–H groups in total. The van der Waals surface area contributed by atoms with Crippen LogP contribution in [0.3, 0.4) is 0 Å². The molecule has 1 aliphatic carbocycles. The summed E-state index contributed by atoms with van der Waals surface area (Å²) in [6.45, 7) is 15.6. The van der Waals surface area contributed by atoms with Crippen LogP contribution >= 0.6 is 0 Å². The highest BCUT2D eigenvalue weighted by Gasteiger charge is 2.58. The van der Waals surface area contributed by atoms with E-state index in [2.05, 4.69) is 46.4 Å². The van der Waals surface area contributed by atoms with Gasteiger partial charge in [0.05, 0.1) is 0 Å². The third-order valence-electron chi connectivity index (χ3n) is 4.66. The molecule has 0 aromatic rings. The predicted molar refractivity (Wildman–Crippen MR) is 66.0 cm³/mol. The molecule has 2 aliphatic rings. The number of nitrogens with zero attached hydrogens (tertiary/aromatic N) is 1. The molecular weight excluding hydrogens is 182 g/mol. The highest BCUT2D eigenvalue weighted by molar-refractivity contribution is 5.13. The Morgan fingerprint density at radius 3 is 1.80 bits per heavy atom. The van der Waals surface area contributed by atoms with Gasteiger partial charge in [0, 0.05) is 17.6 Å². The number of rotatable bonds is 0. The molecule has 0 bridgehead atoms. The average Bonchev–Trinajstić information content (AvgIpc) is 1.71. The van der Waals surface area contributed by atoms with Crippen molar-refractivity contribution < 1.29 is 0 Å². The molecule has 15 heavy (non-hydrogen) atoms. The molecule has 2 rings (SSSR count). The summed E-state index contributed by atoms with van der Waals surface area (Å²) in [7, 11) is 0. The van der Waals surface area contributed by atoms with E-state index in [1.165, 1.54) is 25.8 Å². The van der Waals surface area contributed by atoms with Gasteiger partial charge in [-0.3, -0.25) is 4.90 Å². The van der Waals surface area contributed by atoms with E-state index in [9.17, 15) is 0 Å². The lowest BCUT2D eigenvalue weighted by Crippen LogP contribution is -2.72. The van der Waals surface area contributed by atoms with Crippen LogP contribution in [0.5, 0.6) is 0 Å². The molecule has 88 valence electrons.